The minimum absolute atomic E-state index is 0.102. The molecule has 0 atom stereocenters. The Labute approximate surface area is 103 Å². The van der Waals surface area contributed by atoms with Gasteiger partial charge < -0.3 is 5.11 Å². The average Bonchev–Trinajstić information content (AvgIpc) is 2.19. The number of halogens is 1. The summed E-state index contributed by atoms with van der Waals surface area (Å²) in [6.45, 7) is -0.0926. The van der Waals surface area contributed by atoms with E-state index in [1.165, 1.54) is 17.0 Å². The zero-order valence-electron chi connectivity index (χ0n) is 9.09. The van der Waals surface area contributed by atoms with Gasteiger partial charge in [-0.2, -0.15) is 0 Å². The van der Waals surface area contributed by atoms with Gasteiger partial charge >= 0.3 is 5.97 Å². The van der Waals surface area contributed by atoms with Crippen LogP contribution in [0.1, 0.15) is 5.56 Å². The second kappa shape index (κ2) is 5.60. The van der Waals surface area contributed by atoms with E-state index >= 15 is 0 Å². The van der Waals surface area contributed by atoms with E-state index in [4.69, 9.17) is 16.7 Å². The molecule has 0 aliphatic carbocycles. The van der Waals surface area contributed by atoms with Crippen LogP contribution in [0.25, 0.3) is 0 Å². The summed E-state index contributed by atoms with van der Waals surface area (Å²) in [4.78, 5) is 22.2. The minimum atomic E-state index is -0.998. The Kier molecular flexibility index (Phi) is 4.42. The number of nitrogens with zero attached hydrogens (tertiary/aromatic N) is 2. The number of carboxylic acid groups (broad SMARTS) is 1. The van der Waals surface area contributed by atoms with E-state index in [0.29, 0.717) is 5.56 Å². The molecule has 0 saturated heterocycles. The topological polar surface area (TPSA) is 83.7 Å². The van der Waals surface area contributed by atoms with Crippen molar-refractivity contribution in [2.75, 3.05) is 13.6 Å². The lowest BCUT2D eigenvalue weighted by Crippen LogP contribution is -2.25. The molecule has 1 N–H and O–H groups in total. The summed E-state index contributed by atoms with van der Waals surface area (Å²) in [6, 6.07) is 4.37. The number of likely N-dealkylation sites (N-methyl/N-ethyl adjacent to an activating group) is 1. The van der Waals surface area contributed by atoms with Crippen LogP contribution in [0, 0.1) is 10.1 Å². The molecule has 0 saturated carbocycles. The quantitative estimate of drug-likeness (QED) is 0.643. The summed E-state index contributed by atoms with van der Waals surface area (Å²) >= 11 is 5.88. The summed E-state index contributed by atoms with van der Waals surface area (Å²) < 4.78 is 0. The molecule has 92 valence electrons. The Bertz CT molecular complexity index is 450. The molecule has 0 aliphatic heterocycles. The lowest BCUT2D eigenvalue weighted by atomic mass is 10.1. The second-order valence-electron chi connectivity index (χ2n) is 3.56. The molecule has 0 heterocycles. The first-order valence-electron chi connectivity index (χ1n) is 4.74. The van der Waals surface area contributed by atoms with Crippen LogP contribution in [0.15, 0.2) is 18.2 Å². The molecule has 1 aromatic carbocycles. The Morgan fingerprint density at radius 2 is 2.24 bits per heavy atom. The van der Waals surface area contributed by atoms with Gasteiger partial charge in [-0.15, -0.1) is 0 Å². The standard InChI is InChI=1S/C10H11ClN2O4/c1-12(6-10(14)15)5-7-8(11)3-2-4-9(7)13(16)17/h2-4H,5-6H2,1H3,(H,14,15). The first-order valence-corrected chi connectivity index (χ1v) is 5.11. The van der Waals surface area contributed by atoms with E-state index < -0.39 is 10.9 Å². The average molecular weight is 259 g/mol. The first-order chi connectivity index (χ1) is 7.91. The molecule has 0 amide bonds. The molecular weight excluding hydrogens is 248 g/mol. The fourth-order valence-corrected chi connectivity index (χ4v) is 1.66. The van der Waals surface area contributed by atoms with Gasteiger partial charge in [0.15, 0.2) is 0 Å². The van der Waals surface area contributed by atoms with E-state index in [1.807, 2.05) is 0 Å². The van der Waals surface area contributed by atoms with Gasteiger partial charge in [-0.3, -0.25) is 19.8 Å². The van der Waals surface area contributed by atoms with Gasteiger partial charge in [-0.1, -0.05) is 17.7 Å². The van der Waals surface area contributed by atoms with E-state index in [1.54, 1.807) is 13.1 Å². The highest BCUT2D eigenvalue weighted by atomic mass is 35.5. The minimum Gasteiger partial charge on any atom is -0.480 e. The number of nitro groups is 1. The molecule has 0 aromatic heterocycles. The van der Waals surface area contributed by atoms with Gasteiger partial charge in [0.2, 0.25) is 0 Å². The highest BCUT2D eigenvalue weighted by molar-refractivity contribution is 6.31. The summed E-state index contributed by atoms with van der Waals surface area (Å²) in [5, 5.41) is 19.7. The molecule has 1 rings (SSSR count). The zero-order valence-corrected chi connectivity index (χ0v) is 9.85. The third kappa shape index (κ3) is 3.69. The van der Waals surface area contributed by atoms with Crippen molar-refractivity contribution in [3.8, 4) is 0 Å². The Morgan fingerprint density at radius 3 is 2.76 bits per heavy atom. The molecule has 0 fully saturated rings. The summed E-state index contributed by atoms with van der Waals surface area (Å²) in [6.07, 6.45) is 0. The predicted octanol–water partition coefficient (Wildman–Crippen LogP) is 1.76. The van der Waals surface area contributed by atoms with Gasteiger partial charge in [-0.05, 0) is 13.1 Å². The van der Waals surface area contributed by atoms with Crippen molar-refractivity contribution in [3.05, 3.63) is 38.9 Å². The summed E-state index contributed by atoms with van der Waals surface area (Å²) in [5.74, 6) is -0.998. The molecule has 7 heteroatoms. The van der Waals surface area contributed by atoms with E-state index in [9.17, 15) is 14.9 Å². The van der Waals surface area contributed by atoms with Crippen LogP contribution in [-0.2, 0) is 11.3 Å². The number of nitro benzene ring substituents is 1. The van der Waals surface area contributed by atoms with E-state index in [-0.39, 0.29) is 23.8 Å². The van der Waals surface area contributed by atoms with E-state index in [2.05, 4.69) is 0 Å². The number of carboxylic acids is 1. The SMILES string of the molecule is CN(CC(=O)O)Cc1c(Cl)cccc1[N+](=O)[O-]. The van der Waals surface area contributed by atoms with Crippen molar-refractivity contribution in [2.45, 2.75) is 6.54 Å². The van der Waals surface area contributed by atoms with Gasteiger partial charge in [-0.25, -0.2) is 0 Å². The van der Waals surface area contributed by atoms with Crippen LogP contribution in [0.4, 0.5) is 5.69 Å². The number of hydrogen-bond donors (Lipinski definition) is 1. The fourth-order valence-electron chi connectivity index (χ4n) is 1.43. The number of benzene rings is 1. The van der Waals surface area contributed by atoms with E-state index in [0.717, 1.165) is 0 Å². The fraction of sp³-hybridized carbons (Fsp3) is 0.300. The number of aliphatic carboxylic acids is 1. The van der Waals surface area contributed by atoms with Crippen molar-refractivity contribution < 1.29 is 14.8 Å². The normalized spacial score (nSPS) is 10.5. The molecule has 0 bridgehead atoms. The lowest BCUT2D eigenvalue weighted by Gasteiger charge is -2.14. The van der Waals surface area contributed by atoms with Gasteiger partial charge in [0.05, 0.1) is 22.1 Å². The Hall–Kier alpha value is -1.66. The molecule has 6 nitrogen and oxygen atoms in total. The molecule has 1 aromatic rings. The third-order valence-corrected chi connectivity index (χ3v) is 2.48. The van der Waals surface area contributed by atoms with Crippen molar-refractivity contribution >= 4 is 23.3 Å². The largest absolute Gasteiger partial charge is 0.480 e. The molecule has 0 radical (unpaired) electrons. The van der Waals surface area contributed by atoms with Crippen LogP contribution in [0.3, 0.4) is 0 Å². The van der Waals surface area contributed by atoms with Crippen LogP contribution in [-0.4, -0.2) is 34.5 Å². The van der Waals surface area contributed by atoms with Gasteiger partial charge in [0.25, 0.3) is 5.69 Å². The van der Waals surface area contributed by atoms with Gasteiger partial charge in [0.1, 0.15) is 0 Å². The monoisotopic (exact) mass is 258 g/mol. The van der Waals surface area contributed by atoms with Crippen molar-refractivity contribution in [1.82, 2.24) is 4.90 Å². The van der Waals surface area contributed by atoms with Crippen molar-refractivity contribution in [1.29, 1.82) is 0 Å². The number of carbonyl (C=O) groups is 1. The maximum absolute atomic E-state index is 10.8. The van der Waals surface area contributed by atoms with Crippen molar-refractivity contribution in [3.63, 3.8) is 0 Å². The highest BCUT2D eigenvalue weighted by Gasteiger charge is 2.18. The second-order valence-corrected chi connectivity index (χ2v) is 3.97. The summed E-state index contributed by atoms with van der Waals surface area (Å²) in [5.41, 5.74) is 0.220. The number of rotatable bonds is 5. The first kappa shape index (κ1) is 13.4. The van der Waals surface area contributed by atoms with Crippen LogP contribution in [0.5, 0.6) is 0 Å². The molecule has 0 unspecified atom stereocenters. The van der Waals surface area contributed by atoms with Crippen molar-refractivity contribution in [2.24, 2.45) is 0 Å². The lowest BCUT2D eigenvalue weighted by molar-refractivity contribution is -0.385. The van der Waals surface area contributed by atoms with Crippen LogP contribution >= 0.6 is 11.6 Å². The maximum atomic E-state index is 10.8. The number of hydrogen-bond acceptors (Lipinski definition) is 4. The molecule has 0 spiro atoms. The smallest absolute Gasteiger partial charge is 0.317 e. The van der Waals surface area contributed by atoms with Crippen LogP contribution in [0.2, 0.25) is 5.02 Å². The molecule has 17 heavy (non-hydrogen) atoms. The van der Waals surface area contributed by atoms with Crippen LogP contribution < -0.4 is 0 Å². The Morgan fingerprint density at radius 1 is 1.59 bits per heavy atom. The molecular formula is C10H11ClN2O4. The highest BCUT2D eigenvalue weighted by Crippen LogP contribution is 2.27. The molecule has 0 aliphatic rings. The zero-order chi connectivity index (χ0) is 13.0. The predicted molar refractivity (Wildman–Crippen MR) is 62.1 cm³/mol. The Balaban J connectivity index is 2.96. The third-order valence-electron chi connectivity index (χ3n) is 2.12. The van der Waals surface area contributed by atoms with Gasteiger partial charge in [0, 0.05) is 12.6 Å². The summed E-state index contributed by atoms with van der Waals surface area (Å²) in [7, 11) is 1.56. The maximum Gasteiger partial charge on any atom is 0.317 e.